The predicted molar refractivity (Wildman–Crippen MR) is 108 cm³/mol. The first-order chi connectivity index (χ1) is 12.2. The topological polar surface area (TPSA) is 20.3 Å². The summed E-state index contributed by atoms with van der Waals surface area (Å²) in [7, 11) is 0. The van der Waals surface area contributed by atoms with Gasteiger partial charge in [-0.15, -0.1) is 23.5 Å². The standard InChI is InChI=1S/C21H19NOS2/c1-15-10-12-16(13-11-15)24-14-21(23)22-17-6-2-4-8-19(17)25-20-9-5-3-7-18(20)22/h2-13,17,19H,14H2,1H3/t17-,19+/m1/s1. The second-order valence-corrected chi connectivity index (χ2v) is 8.44. The van der Waals surface area contributed by atoms with Crippen molar-refractivity contribution in [3.8, 4) is 0 Å². The number of fused-ring (bicyclic) bond motifs is 2. The Morgan fingerprint density at radius 2 is 1.84 bits per heavy atom. The number of carbonyl (C=O) groups excluding carboxylic acids is 1. The van der Waals surface area contributed by atoms with Crippen molar-refractivity contribution in [2.24, 2.45) is 0 Å². The Morgan fingerprint density at radius 3 is 2.68 bits per heavy atom. The lowest BCUT2D eigenvalue weighted by molar-refractivity contribution is -0.116. The Labute approximate surface area is 157 Å². The van der Waals surface area contributed by atoms with E-state index in [1.165, 1.54) is 10.5 Å². The molecule has 25 heavy (non-hydrogen) atoms. The van der Waals surface area contributed by atoms with Crippen molar-refractivity contribution in [2.45, 2.75) is 28.0 Å². The Balaban J connectivity index is 1.58. The van der Waals surface area contributed by atoms with E-state index in [1.807, 2.05) is 34.9 Å². The van der Waals surface area contributed by atoms with Gasteiger partial charge in [0.1, 0.15) is 0 Å². The van der Waals surface area contributed by atoms with Crippen LogP contribution >= 0.6 is 23.5 Å². The zero-order valence-electron chi connectivity index (χ0n) is 14.0. The van der Waals surface area contributed by atoms with Gasteiger partial charge in [0, 0.05) is 9.79 Å². The van der Waals surface area contributed by atoms with Crippen molar-refractivity contribution >= 4 is 35.1 Å². The molecule has 0 spiro atoms. The van der Waals surface area contributed by atoms with E-state index >= 15 is 0 Å². The van der Waals surface area contributed by atoms with Crippen LogP contribution in [0.15, 0.2) is 82.6 Å². The summed E-state index contributed by atoms with van der Waals surface area (Å²) >= 11 is 3.44. The van der Waals surface area contributed by atoms with E-state index in [4.69, 9.17) is 0 Å². The van der Waals surface area contributed by atoms with Gasteiger partial charge in [0.2, 0.25) is 5.91 Å². The summed E-state index contributed by atoms with van der Waals surface area (Å²) < 4.78 is 0. The first kappa shape index (κ1) is 16.6. The van der Waals surface area contributed by atoms with Gasteiger partial charge < -0.3 is 4.90 Å². The lowest BCUT2D eigenvalue weighted by Crippen LogP contribution is -2.48. The van der Waals surface area contributed by atoms with Crippen molar-refractivity contribution in [1.82, 2.24) is 0 Å². The van der Waals surface area contributed by atoms with Crippen LogP contribution in [0.5, 0.6) is 0 Å². The number of para-hydroxylation sites is 1. The second kappa shape index (κ2) is 7.14. The molecule has 1 amide bonds. The van der Waals surface area contributed by atoms with Crippen molar-refractivity contribution < 1.29 is 4.79 Å². The number of aryl methyl sites for hydroxylation is 1. The fraction of sp³-hybridized carbons (Fsp3) is 0.190. The third-order valence-corrected chi connectivity index (χ3v) is 6.70. The monoisotopic (exact) mass is 365 g/mol. The number of hydrogen-bond acceptors (Lipinski definition) is 3. The van der Waals surface area contributed by atoms with Crippen LogP contribution in [-0.2, 0) is 4.79 Å². The fourth-order valence-electron chi connectivity index (χ4n) is 3.13. The Bertz CT molecular complexity index is 841. The third kappa shape index (κ3) is 3.42. The summed E-state index contributed by atoms with van der Waals surface area (Å²) in [5.41, 5.74) is 2.27. The number of hydrogen-bond donors (Lipinski definition) is 0. The molecule has 0 saturated carbocycles. The first-order valence-corrected chi connectivity index (χ1v) is 10.2. The van der Waals surface area contributed by atoms with Gasteiger partial charge in [-0.05, 0) is 31.2 Å². The van der Waals surface area contributed by atoms with Crippen molar-refractivity contribution in [3.63, 3.8) is 0 Å². The Kier molecular flexibility index (Phi) is 4.73. The number of anilines is 1. The minimum absolute atomic E-state index is 0.0935. The molecule has 0 saturated heterocycles. The minimum atomic E-state index is 0.0935. The van der Waals surface area contributed by atoms with Gasteiger partial charge in [0.15, 0.2) is 0 Å². The molecule has 2 nitrogen and oxygen atoms in total. The van der Waals surface area contributed by atoms with E-state index in [1.54, 1.807) is 11.8 Å². The maximum Gasteiger partial charge on any atom is 0.237 e. The molecule has 0 bridgehead atoms. The smallest absolute Gasteiger partial charge is 0.237 e. The minimum Gasteiger partial charge on any atom is -0.302 e. The molecule has 2 atom stereocenters. The van der Waals surface area contributed by atoms with Gasteiger partial charge in [-0.1, -0.05) is 54.1 Å². The van der Waals surface area contributed by atoms with Gasteiger partial charge >= 0.3 is 0 Å². The van der Waals surface area contributed by atoms with Crippen LogP contribution in [0.3, 0.4) is 0 Å². The van der Waals surface area contributed by atoms with Crippen molar-refractivity contribution in [3.05, 3.63) is 78.4 Å². The molecular formula is C21H19NOS2. The summed E-state index contributed by atoms with van der Waals surface area (Å²) in [6.07, 6.45) is 8.45. The summed E-state index contributed by atoms with van der Waals surface area (Å²) in [5.74, 6) is 0.608. The number of thioether (sulfide) groups is 2. The maximum atomic E-state index is 13.1. The Hall–Kier alpha value is -1.91. The summed E-state index contributed by atoms with van der Waals surface area (Å²) in [6.45, 7) is 2.07. The van der Waals surface area contributed by atoms with Crippen LogP contribution in [0.4, 0.5) is 5.69 Å². The molecule has 2 aromatic rings. The number of allylic oxidation sites excluding steroid dienone is 2. The summed E-state index contributed by atoms with van der Waals surface area (Å²) in [5, 5.41) is 0.285. The number of rotatable bonds is 3. The van der Waals surface area contributed by atoms with E-state index in [0.717, 1.165) is 10.6 Å². The van der Waals surface area contributed by atoms with Crippen molar-refractivity contribution in [1.29, 1.82) is 0 Å². The summed E-state index contributed by atoms with van der Waals surface area (Å²) in [4.78, 5) is 17.4. The highest BCUT2D eigenvalue weighted by Gasteiger charge is 2.36. The van der Waals surface area contributed by atoms with Gasteiger partial charge in [-0.3, -0.25) is 4.79 Å². The highest BCUT2D eigenvalue weighted by Crippen LogP contribution is 2.43. The largest absolute Gasteiger partial charge is 0.302 e. The number of carbonyl (C=O) groups is 1. The van der Waals surface area contributed by atoms with Gasteiger partial charge in [0.05, 0.1) is 22.7 Å². The van der Waals surface area contributed by atoms with E-state index in [9.17, 15) is 4.79 Å². The van der Waals surface area contributed by atoms with Gasteiger partial charge in [-0.25, -0.2) is 0 Å². The lowest BCUT2D eigenvalue weighted by Gasteiger charge is -2.40. The molecule has 0 radical (unpaired) electrons. The Morgan fingerprint density at radius 1 is 1.08 bits per heavy atom. The maximum absolute atomic E-state index is 13.1. The molecule has 0 fully saturated rings. The molecular weight excluding hydrogens is 346 g/mol. The van der Waals surface area contributed by atoms with Crippen LogP contribution in [-0.4, -0.2) is 23.0 Å². The zero-order chi connectivity index (χ0) is 17.2. The van der Waals surface area contributed by atoms with Crippen LogP contribution < -0.4 is 4.90 Å². The molecule has 126 valence electrons. The van der Waals surface area contributed by atoms with Crippen LogP contribution in [0.25, 0.3) is 0 Å². The highest BCUT2D eigenvalue weighted by molar-refractivity contribution is 8.00. The molecule has 2 aromatic carbocycles. The SMILES string of the molecule is Cc1ccc(SCC(=O)N2c3ccccc3S[C@H]3C=CC=C[C@H]32)cc1. The van der Waals surface area contributed by atoms with E-state index < -0.39 is 0 Å². The molecule has 0 N–H and O–H groups in total. The zero-order valence-corrected chi connectivity index (χ0v) is 15.6. The average Bonchev–Trinajstić information content (AvgIpc) is 2.65. The number of nitrogens with zero attached hydrogens (tertiary/aromatic N) is 1. The molecule has 1 aliphatic heterocycles. The predicted octanol–water partition coefficient (Wildman–Crippen LogP) is 5.09. The lowest BCUT2D eigenvalue weighted by atomic mass is 10.0. The fourth-order valence-corrected chi connectivity index (χ4v) is 5.15. The highest BCUT2D eigenvalue weighted by atomic mass is 32.2. The molecule has 2 aliphatic rings. The average molecular weight is 366 g/mol. The molecule has 0 aromatic heterocycles. The molecule has 4 heteroatoms. The van der Waals surface area contributed by atoms with Crippen LogP contribution in [0.1, 0.15) is 5.56 Å². The third-order valence-electron chi connectivity index (χ3n) is 4.39. The van der Waals surface area contributed by atoms with Gasteiger partial charge in [0.25, 0.3) is 0 Å². The number of benzene rings is 2. The molecule has 1 heterocycles. The van der Waals surface area contributed by atoms with E-state index in [-0.39, 0.29) is 17.2 Å². The van der Waals surface area contributed by atoms with Gasteiger partial charge in [-0.2, -0.15) is 0 Å². The van der Waals surface area contributed by atoms with Crippen molar-refractivity contribution in [2.75, 3.05) is 10.7 Å². The summed E-state index contributed by atoms with van der Waals surface area (Å²) in [6, 6.07) is 16.6. The quantitative estimate of drug-likeness (QED) is 0.707. The molecule has 0 unspecified atom stereocenters. The first-order valence-electron chi connectivity index (χ1n) is 8.34. The molecule has 4 rings (SSSR count). The normalized spacial score (nSPS) is 20.9. The van der Waals surface area contributed by atoms with Crippen LogP contribution in [0, 0.1) is 6.92 Å². The number of amides is 1. The van der Waals surface area contributed by atoms with Crippen LogP contribution in [0.2, 0.25) is 0 Å². The second-order valence-electron chi connectivity index (χ2n) is 6.18. The van der Waals surface area contributed by atoms with E-state index in [0.29, 0.717) is 5.75 Å². The van der Waals surface area contributed by atoms with E-state index in [2.05, 4.69) is 61.5 Å². The molecule has 1 aliphatic carbocycles.